The standard InChI is InChI=1S/C26H34N8O5/c35-25-34(20-4-1-3-19(22(20)39-25)32-15-8-18(9-16-32)38-26(36)37)17-6-13-33(14-7-17)21-5-12-29-24(30-21)31-23-27-10-2-11-28-23/h2,5,10-12,17-20,22H,1,3-4,6-9,13-16H2,(H,36,37)(H,27,28,29,30,31). The molecule has 208 valence electrons. The van der Waals surface area contributed by atoms with Gasteiger partial charge in [0.2, 0.25) is 11.9 Å². The number of aromatic nitrogens is 4. The summed E-state index contributed by atoms with van der Waals surface area (Å²) in [5.74, 6) is 1.72. The molecule has 1 aliphatic carbocycles. The molecule has 1 amide bonds. The Morgan fingerprint density at radius 3 is 2.41 bits per heavy atom. The van der Waals surface area contributed by atoms with Crippen molar-refractivity contribution in [2.75, 3.05) is 36.4 Å². The second kappa shape index (κ2) is 11.2. The summed E-state index contributed by atoms with van der Waals surface area (Å²) in [5.41, 5.74) is 0. The molecule has 0 aromatic carbocycles. The zero-order valence-electron chi connectivity index (χ0n) is 21.8. The van der Waals surface area contributed by atoms with Gasteiger partial charge in [0.15, 0.2) is 0 Å². The van der Waals surface area contributed by atoms with Gasteiger partial charge in [-0.05, 0) is 57.1 Å². The number of carbonyl (C=O) groups excluding carboxylic acids is 1. The molecule has 0 spiro atoms. The largest absolute Gasteiger partial charge is 0.506 e. The van der Waals surface area contributed by atoms with Gasteiger partial charge in [-0.1, -0.05) is 0 Å². The Kier molecular flexibility index (Phi) is 7.31. The highest BCUT2D eigenvalue weighted by molar-refractivity contribution is 5.71. The van der Waals surface area contributed by atoms with Gasteiger partial charge in [0.05, 0.1) is 6.04 Å². The fourth-order valence-electron chi connectivity index (χ4n) is 6.59. The van der Waals surface area contributed by atoms with Crippen LogP contribution in [0.5, 0.6) is 0 Å². The number of anilines is 3. The van der Waals surface area contributed by atoms with Crippen LogP contribution in [0.15, 0.2) is 30.7 Å². The second-order valence-corrected chi connectivity index (χ2v) is 10.6. The molecule has 5 heterocycles. The number of rotatable bonds is 6. The van der Waals surface area contributed by atoms with Crippen LogP contribution in [0.2, 0.25) is 0 Å². The lowest BCUT2D eigenvalue weighted by Crippen LogP contribution is -2.56. The predicted octanol–water partition coefficient (Wildman–Crippen LogP) is 2.88. The number of carboxylic acid groups (broad SMARTS) is 1. The highest BCUT2D eigenvalue weighted by Crippen LogP contribution is 2.38. The Hall–Kier alpha value is -3.74. The minimum Gasteiger partial charge on any atom is -0.450 e. The first kappa shape index (κ1) is 25.5. The van der Waals surface area contributed by atoms with E-state index in [9.17, 15) is 9.59 Å². The molecule has 6 rings (SSSR count). The van der Waals surface area contributed by atoms with Crippen molar-refractivity contribution in [1.29, 1.82) is 0 Å². The first-order valence-electron chi connectivity index (χ1n) is 13.8. The molecule has 3 saturated heterocycles. The molecule has 2 aromatic heterocycles. The van der Waals surface area contributed by atoms with Crippen LogP contribution in [0.25, 0.3) is 0 Å². The molecule has 39 heavy (non-hydrogen) atoms. The first-order chi connectivity index (χ1) is 19.0. The van der Waals surface area contributed by atoms with Gasteiger partial charge in [-0.25, -0.2) is 24.5 Å². The fraction of sp³-hybridized carbons (Fsp3) is 0.615. The Labute approximate surface area is 226 Å². The van der Waals surface area contributed by atoms with Gasteiger partial charge >= 0.3 is 12.2 Å². The van der Waals surface area contributed by atoms with Crippen LogP contribution in [0, 0.1) is 0 Å². The number of piperidine rings is 2. The number of nitrogens with one attached hydrogen (secondary N) is 1. The lowest BCUT2D eigenvalue weighted by Gasteiger charge is -2.44. The van der Waals surface area contributed by atoms with E-state index in [2.05, 4.69) is 35.1 Å². The number of nitrogens with zero attached hydrogens (tertiary/aromatic N) is 7. The van der Waals surface area contributed by atoms with Crippen LogP contribution in [-0.4, -0.2) is 104 Å². The van der Waals surface area contributed by atoms with Gasteiger partial charge < -0.3 is 19.5 Å². The van der Waals surface area contributed by atoms with Crippen molar-refractivity contribution < 1.29 is 24.2 Å². The molecule has 13 heteroatoms. The smallest absolute Gasteiger partial charge is 0.450 e. The molecule has 0 bridgehead atoms. The molecular weight excluding hydrogens is 504 g/mol. The number of likely N-dealkylation sites (tertiary alicyclic amines) is 1. The minimum atomic E-state index is -1.21. The van der Waals surface area contributed by atoms with Crippen molar-refractivity contribution in [3.05, 3.63) is 30.7 Å². The summed E-state index contributed by atoms with van der Waals surface area (Å²) in [6.07, 6.45) is 9.26. The molecule has 3 atom stereocenters. The quantitative estimate of drug-likeness (QED) is 0.521. The lowest BCUT2D eigenvalue weighted by atomic mass is 9.85. The number of fused-ring (bicyclic) bond motifs is 1. The van der Waals surface area contributed by atoms with E-state index in [-0.39, 0.29) is 36.4 Å². The van der Waals surface area contributed by atoms with E-state index in [1.165, 1.54) is 0 Å². The second-order valence-electron chi connectivity index (χ2n) is 10.6. The molecule has 4 aliphatic rings. The van der Waals surface area contributed by atoms with E-state index < -0.39 is 6.16 Å². The Bertz CT molecular complexity index is 1160. The van der Waals surface area contributed by atoms with E-state index in [1.807, 2.05) is 11.0 Å². The van der Waals surface area contributed by atoms with Crippen LogP contribution >= 0.6 is 0 Å². The molecule has 3 unspecified atom stereocenters. The maximum absolute atomic E-state index is 13.2. The molecular formula is C26H34N8O5. The van der Waals surface area contributed by atoms with E-state index in [0.717, 1.165) is 64.1 Å². The van der Waals surface area contributed by atoms with Gasteiger partial charge in [0, 0.05) is 56.9 Å². The van der Waals surface area contributed by atoms with Gasteiger partial charge in [-0.2, -0.15) is 4.98 Å². The summed E-state index contributed by atoms with van der Waals surface area (Å²) in [6.45, 7) is 3.08. The van der Waals surface area contributed by atoms with Gasteiger partial charge in [0.25, 0.3) is 0 Å². The van der Waals surface area contributed by atoms with Crippen molar-refractivity contribution in [2.45, 2.75) is 75.3 Å². The third-order valence-electron chi connectivity index (χ3n) is 8.39. The highest BCUT2D eigenvalue weighted by atomic mass is 16.7. The molecule has 2 aromatic rings. The number of amides is 1. The number of ether oxygens (including phenoxy) is 2. The van der Waals surface area contributed by atoms with E-state index >= 15 is 0 Å². The Morgan fingerprint density at radius 1 is 0.949 bits per heavy atom. The van der Waals surface area contributed by atoms with Crippen molar-refractivity contribution in [3.63, 3.8) is 0 Å². The maximum Gasteiger partial charge on any atom is 0.506 e. The van der Waals surface area contributed by atoms with Gasteiger partial charge in [-0.3, -0.25) is 15.1 Å². The lowest BCUT2D eigenvalue weighted by molar-refractivity contribution is -0.0241. The van der Waals surface area contributed by atoms with Crippen LogP contribution in [0.3, 0.4) is 0 Å². The van der Waals surface area contributed by atoms with E-state index in [1.54, 1.807) is 24.7 Å². The summed E-state index contributed by atoms with van der Waals surface area (Å²) in [4.78, 5) is 47.9. The molecule has 3 aliphatic heterocycles. The normalized spacial score (nSPS) is 26.7. The van der Waals surface area contributed by atoms with Gasteiger partial charge in [0.1, 0.15) is 18.0 Å². The molecule has 13 nitrogen and oxygen atoms in total. The number of hydrogen-bond acceptors (Lipinski definition) is 11. The monoisotopic (exact) mass is 538 g/mol. The van der Waals surface area contributed by atoms with Crippen LogP contribution in [-0.2, 0) is 9.47 Å². The first-order valence-corrected chi connectivity index (χ1v) is 13.8. The number of carbonyl (C=O) groups is 2. The Balaban J connectivity index is 1.06. The highest BCUT2D eigenvalue weighted by Gasteiger charge is 2.51. The molecule has 1 saturated carbocycles. The minimum absolute atomic E-state index is 0.0847. The summed E-state index contributed by atoms with van der Waals surface area (Å²) in [6, 6.07) is 4.04. The van der Waals surface area contributed by atoms with E-state index in [0.29, 0.717) is 24.7 Å². The van der Waals surface area contributed by atoms with Gasteiger partial charge in [-0.15, -0.1) is 0 Å². The van der Waals surface area contributed by atoms with Crippen molar-refractivity contribution >= 4 is 30.0 Å². The molecule has 0 radical (unpaired) electrons. The summed E-state index contributed by atoms with van der Waals surface area (Å²) < 4.78 is 11.0. The van der Waals surface area contributed by atoms with Crippen LogP contribution in [0.4, 0.5) is 27.3 Å². The summed E-state index contributed by atoms with van der Waals surface area (Å²) in [5, 5.41) is 12.0. The average Bonchev–Trinajstić information content (AvgIpc) is 3.30. The predicted molar refractivity (Wildman–Crippen MR) is 140 cm³/mol. The van der Waals surface area contributed by atoms with Crippen molar-refractivity contribution in [3.8, 4) is 0 Å². The van der Waals surface area contributed by atoms with Crippen LogP contribution < -0.4 is 10.2 Å². The maximum atomic E-state index is 13.2. The zero-order valence-corrected chi connectivity index (χ0v) is 21.8. The average molecular weight is 539 g/mol. The van der Waals surface area contributed by atoms with Crippen molar-refractivity contribution in [1.82, 2.24) is 29.7 Å². The summed E-state index contributed by atoms with van der Waals surface area (Å²) >= 11 is 0. The summed E-state index contributed by atoms with van der Waals surface area (Å²) in [7, 11) is 0. The zero-order chi connectivity index (χ0) is 26.8. The van der Waals surface area contributed by atoms with Crippen molar-refractivity contribution in [2.24, 2.45) is 0 Å². The molecule has 4 fully saturated rings. The molecule has 2 N–H and O–H groups in total. The third-order valence-corrected chi connectivity index (χ3v) is 8.39. The van der Waals surface area contributed by atoms with Crippen LogP contribution in [0.1, 0.15) is 44.9 Å². The SMILES string of the molecule is O=C(O)OC1CCN(C2CCCC3C2OC(=O)N3C2CCN(c3ccnc(Nc4ncccn4)n3)CC2)CC1. The Morgan fingerprint density at radius 2 is 1.67 bits per heavy atom. The van der Waals surface area contributed by atoms with E-state index in [4.69, 9.17) is 14.6 Å². The number of hydrogen-bond donors (Lipinski definition) is 2. The third kappa shape index (κ3) is 5.54. The topological polar surface area (TPSA) is 146 Å². The fourth-order valence-corrected chi connectivity index (χ4v) is 6.59.